The molecule has 8 nitrogen and oxygen atoms in total. The third kappa shape index (κ3) is 9.34. The summed E-state index contributed by atoms with van der Waals surface area (Å²) < 4.78 is 11.8. The van der Waals surface area contributed by atoms with Crippen LogP contribution in [0.1, 0.15) is 63.4 Å². The lowest BCUT2D eigenvalue weighted by Gasteiger charge is -2.29. The van der Waals surface area contributed by atoms with E-state index in [0.717, 1.165) is 16.7 Å². The van der Waals surface area contributed by atoms with Gasteiger partial charge in [0, 0.05) is 29.6 Å². The highest BCUT2D eigenvalue weighted by molar-refractivity contribution is 6.30. The second-order valence-corrected chi connectivity index (χ2v) is 12.8. The van der Waals surface area contributed by atoms with Crippen LogP contribution in [-0.4, -0.2) is 35.2 Å². The summed E-state index contributed by atoms with van der Waals surface area (Å²) in [5, 5.41) is 12.6. The number of carbonyl (C=O) groups is 3. The zero-order chi connectivity index (χ0) is 33.5. The molecule has 2 amide bonds. The molecule has 0 radical (unpaired) electrons. The summed E-state index contributed by atoms with van der Waals surface area (Å²) >= 11 is 6.40. The monoisotopic (exact) mass is 642 g/mol. The Kier molecular flexibility index (Phi) is 10.7. The summed E-state index contributed by atoms with van der Waals surface area (Å²) in [4.78, 5) is 39.4. The van der Waals surface area contributed by atoms with Crippen LogP contribution in [0.15, 0.2) is 97.1 Å². The van der Waals surface area contributed by atoms with Gasteiger partial charge < -0.3 is 24.8 Å². The van der Waals surface area contributed by atoms with E-state index in [4.69, 9.17) is 21.1 Å². The number of benzene rings is 4. The summed E-state index contributed by atoms with van der Waals surface area (Å²) in [7, 11) is 0. The lowest BCUT2D eigenvalue weighted by atomic mass is 9.94. The Morgan fingerprint density at radius 2 is 1.50 bits per heavy atom. The fraction of sp³-hybridized carbons (Fsp3) is 0.270. The minimum Gasteiger partial charge on any atom is -0.481 e. The van der Waals surface area contributed by atoms with Crippen molar-refractivity contribution in [3.63, 3.8) is 0 Å². The number of amides is 2. The second-order valence-electron chi connectivity index (χ2n) is 12.4. The second kappa shape index (κ2) is 14.5. The van der Waals surface area contributed by atoms with E-state index in [9.17, 15) is 19.5 Å². The van der Waals surface area contributed by atoms with Gasteiger partial charge in [0.05, 0.1) is 11.2 Å². The van der Waals surface area contributed by atoms with Gasteiger partial charge in [-0.2, -0.15) is 0 Å². The van der Waals surface area contributed by atoms with Crippen LogP contribution in [0, 0.1) is 0 Å². The molecule has 0 bridgehead atoms. The molecule has 0 aromatic heterocycles. The van der Waals surface area contributed by atoms with E-state index in [0.29, 0.717) is 27.8 Å². The first-order chi connectivity index (χ1) is 21.7. The number of hydrogen-bond donors (Lipinski definition) is 2. The summed E-state index contributed by atoms with van der Waals surface area (Å²) in [5.41, 5.74) is 2.17. The van der Waals surface area contributed by atoms with E-state index in [2.05, 4.69) is 5.32 Å². The maximum Gasteiger partial charge on any atom is 0.408 e. The molecule has 0 aliphatic rings. The summed E-state index contributed by atoms with van der Waals surface area (Å²) in [6.45, 7) is 9.24. The number of nitrogens with zero attached hydrogens (tertiary/aromatic N) is 1. The van der Waals surface area contributed by atoms with Crippen LogP contribution >= 0.6 is 11.6 Å². The Morgan fingerprint density at radius 1 is 0.826 bits per heavy atom. The molecule has 4 aromatic carbocycles. The first kappa shape index (κ1) is 34.1. The molecule has 0 fully saturated rings. The van der Waals surface area contributed by atoms with E-state index < -0.39 is 23.2 Å². The fourth-order valence-corrected chi connectivity index (χ4v) is 4.97. The Balaban J connectivity index is 1.64. The Labute approximate surface area is 274 Å². The van der Waals surface area contributed by atoms with E-state index in [-0.39, 0.29) is 25.3 Å². The summed E-state index contributed by atoms with van der Waals surface area (Å²) in [6, 6.07) is 29.3. The van der Waals surface area contributed by atoms with Gasteiger partial charge in [-0.3, -0.25) is 9.59 Å². The molecule has 0 saturated carbocycles. The summed E-state index contributed by atoms with van der Waals surface area (Å²) in [5.74, 6) is -0.502. The molecule has 0 aliphatic heterocycles. The number of hydrogen-bond acceptors (Lipinski definition) is 5. The van der Waals surface area contributed by atoms with Crippen molar-refractivity contribution in [1.82, 2.24) is 5.32 Å². The van der Waals surface area contributed by atoms with Crippen molar-refractivity contribution in [1.29, 1.82) is 0 Å². The molecule has 0 spiro atoms. The first-order valence-corrected chi connectivity index (χ1v) is 15.4. The standard InChI is InChI=1S/C37H39ClN2O6/c1-36(2,3)46-35(44)39-37(4,5)28-13-9-14-30(23-28)45-32-24-29(38)20-21-31(32)40(22-10-15-33(41)42)34(43)27-18-16-26(17-19-27)25-11-7-6-8-12-25/h6-9,11-14,16-21,23-24H,10,15,22H2,1-5H3,(H,39,44)(H,41,42). The van der Waals surface area contributed by atoms with Crippen LogP contribution in [0.3, 0.4) is 0 Å². The average Bonchev–Trinajstić information content (AvgIpc) is 2.99. The molecule has 0 heterocycles. The molecule has 0 unspecified atom stereocenters. The lowest BCUT2D eigenvalue weighted by Crippen LogP contribution is -2.43. The van der Waals surface area contributed by atoms with Crippen LogP contribution < -0.4 is 15.0 Å². The third-order valence-electron chi connectivity index (χ3n) is 7.07. The maximum atomic E-state index is 14.0. The van der Waals surface area contributed by atoms with Gasteiger partial charge in [0.2, 0.25) is 0 Å². The van der Waals surface area contributed by atoms with Gasteiger partial charge in [0.1, 0.15) is 11.4 Å². The molecule has 2 N–H and O–H groups in total. The number of rotatable bonds is 11. The van der Waals surface area contributed by atoms with Gasteiger partial charge in [-0.1, -0.05) is 66.2 Å². The molecule has 0 aliphatic carbocycles. The van der Waals surface area contributed by atoms with Crippen LogP contribution in [0.4, 0.5) is 10.5 Å². The molecule has 9 heteroatoms. The van der Waals surface area contributed by atoms with Crippen LogP contribution in [0.25, 0.3) is 11.1 Å². The zero-order valence-corrected chi connectivity index (χ0v) is 27.4. The number of aliphatic carboxylic acids is 1. The van der Waals surface area contributed by atoms with Crippen molar-refractivity contribution in [3.8, 4) is 22.6 Å². The minimum absolute atomic E-state index is 0.109. The number of halogens is 1. The minimum atomic E-state index is -0.952. The topological polar surface area (TPSA) is 105 Å². The van der Waals surface area contributed by atoms with Crippen molar-refractivity contribution in [2.45, 2.75) is 58.6 Å². The largest absolute Gasteiger partial charge is 0.481 e. The number of anilines is 1. The van der Waals surface area contributed by atoms with Crippen molar-refractivity contribution >= 4 is 35.3 Å². The van der Waals surface area contributed by atoms with Gasteiger partial charge >= 0.3 is 12.1 Å². The van der Waals surface area contributed by atoms with Crippen molar-refractivity contribution in [2.75, 3.05) is 11.4 Å². The number of carbonyl (C=O) groups excluding carboxylic acids is 2. The fourth-order valence-electron chi connectivity index (χ4n) is 4.81. The number of carboxylic acids is 1. The Hall–Kier alpha value is -4.82. The molecule has 4 aromatic rings. The predicted octanol–water partition coefficient (Wildman–Crippen LogP) is 9.07. The molecular formula is C37H39ClN2O6. The quantitative estimate of drug-likeness (QED) is 0.169. The highest BCUT2D eigenvalue weighted by Crippen LogP contribution is 2.37. The van der Waals surface area contributed by atoms with Gasteiger partial charge in [-0.25, -0.2) is 4.79 Å². The van der Waals surface area contributed by atoms with E-state index in [1.54, 1.807) is 69.3 Å². The highest BCUT2D eigenvalue weighted by Gasteiger charge is 2.27. The third-order valence-corrected chi connectivity index (χ3v) is 7.30. The first-order valence-electron chi connectivity index (χ1n) is 15.0. The number of nitrogens with one attached hydrogen (secondary N) is 1. The van der Waals surface area contributed by atoms with Crippen molar-refractivity contribution < 1.29 is 29.0 Å². The summed E-state index contributed by atoms with van der Waals surface area (Å²) in [6.07, 6.45) is -0.429. The van der Waals surface area contributed by atoms with Crippen LogP contribution in [0.2, 0.25) is 5.02 Å². The van der Waals surface area contributed by atoms with E-state index >= 15 is 0 Å². The maximum absolute atomic E-state index is 14.0. The molecular weight excluding hydrogens is 604 g/mol. The van der Waals surface area contributed by atoms with Gasteiger partial charge in [-0.15, -0.1) is 0 Å². The number of carboxylic acid groups (broad SMARTS) is 1. The van der Waals surface area contributed by atoms with Gasteiger partial charge in [-0.05, 0) is 94.1 Å². The van der Waals surface area contributed by atoms with Crippen molar-refractivity contribution in [3.05, 3.63) is 113 Å². The number of ether oxygens (including phenoxy) is 2. The SMILES string of the molecule is CC(C)(C)OC(=O)NC(C)(C)c1cccc(Oc2cc(Cl)ccc2N(CCCC(=O)O)C(=O)c2ccc(-c3ccccc3)cc2)c1. The Morgan fingerprint density at radius 3 is 2.15 bits per heavy atom. The van der Waals surface area contributed by atoms with Crippen molar-refractivity contribution in [2.24, 2.45) is 0 Å². The van der Waals surface area contributed by atoms with Gasteiger partial charge in [0.25, 0.3) is 5.91 Å². The molecule has 0 saturated heterocycles. The normalized spacial score (nSPS) is 11.4. The average molecular weight is 643 g/mol. The smallest absolute Gasteiger partial charge is 0.408 e. The van der Waals surface area contributed by atoms with E-state index in [1.165, 1.54) is 4.90 Å². The van der Waals surface area contributed by atoms with Gasteiger partial charge in [0.15, 0.2) is 5.75 Å². The molecule has 46 heavy (non-hydrogen) atoms. The van der Waals surface area contributed by atoms with Crippen LogP contribution in [-0.2, 0) is 15.1 Å². The van der Waals surface area contributed by atoms with E-state index in [1.807, 2.05) is 62.4 Å². The lowest BCUT2D eigenvalue weighted by molar-refractivity contribution is -0.137. The Bertz CT molecular complexity index is 1680. The molecule has 4 rings (SSSR count). The van der Waals surface area contributed by atoms with Crippen LogP contribution in [0.5, 0.6) is 11.5 Å². The molecule has 240 valence electrons. The molecule has 0 atom stereocenters. The number of alkyl carbamates (subject to hydrolysis) is 1. The predicted molar refractivity (Wildman–Crippen MR) is 181 cm³/mol. The zero-order valence-electron chi connectivity index (χ0n) is 26.7. The highest BCUT2D eigenvalue weighted by atomic mass is 35.5.